The third-order valence-corrected chi connectivity index (χ3v) is 3.30. The molecular weight excluding hydrogens is 261 g/mol. The van der Waals surface area contributed by atoms with E-state index in [1.165, 1.54) is 24.2 Å². The van der Waals surface area contributed by atoms with Crippen molar-refractivity contribution in [2.24, 2.45) is 5.92 Å². The quantitative estimate of drug-likeness (QED) is 0.836. The van der Waals surface area contributed by atoms with E-state index in [2.05, 4.69) is 9.97 Å². The Morgan fingerprint density at radius 3 is 2.35 bits per heavy atom. The first kappa shape index (κ1) is 14.7. The van der Waals surface area contributed by atoms with Crippen LogP contribution in [0, 0.1) is 5.92 Å². The van der Waals surface area contributed by atoms with Crippen LogP contribution in [-0.4, -0.2) is 39.7 Å². The highest BCUT2D eigenvalue weighted by atomic mass is 19.1. The summed E-state index contributed by atoms with van der Waals surface area (Å²) in [4.78, 5) is 21.2. The fraction of sp³-hybridized carbons (Fsp3) is 0.643. The van der Waals surface area contributed by atoms with Crippen molar-refractivity contribution in [1.82, 2.24) is 14.9 Å². The standard InChI is InChI=1S/C14H20FN3O2/c1-13(2,3)20-12(19)18-8-10(9-18)14(4,15)11-16-6-5-7-17-11/h5-7,10H,8-9H2,1-4H3. The van der Waals surface area contributed by atoms with Crippen LogP contribution in [0.5, 0.6) is 0 Å². The molecular formula is C14H20FN3O2. The number of alkyl halides is 1. The molecule has 1 aromatic rings. The van der Waals surface area contributed by atoms with Crippen LogP contribution in [-0.2, 0) is 10.4 Å². The van der Waals surface area contributed by atoms with Crippen molar-refractivity contribution >= 4 is 6.09 Å². The maximum Gasteiger partial charge on any atom is 0.410 e. The van der Waals surface area contributed by atoms with Crippen molar-refractivity contribution in [1.29, 1.82) is 0 Å². The SMILES string of the molecule is CC(C)(C)OC(=O)N1CC(C(C)(F)c2ncccn2)C1. The topological polar surface area (TPSA) is 55.3 Å². The Morgan fingerprint density at radius 1 is 1.30 bits per heavy atom. The van der Waals surface area contributed by atoms with Crippen LogP contribution < -0.4 is 0 Å². The zero-order chi connectivity index (χ0) is 15.0. The molecule has 0 spiro atoms. The molecule has 2 heterocycles. The Kier molecular flexibility index (Phi) is 3.67. The minimum atomic E-state index is -1.64. The summed E-state index contributed by atoms with van der Waals surface area (Å²) in [5.74, 6) is -0.147. The van der Waals surface area contributed by atoms with Gasteiger partial charge < -0.3 is 9.64 Å². The second-order valence-electron chi connectivity index (χ2n) is 6.23. The van der Waals surface area contributed by atoms with Gasteiger partial charge in [-0.25, -0.2) is 19.2 Å². The van der Waals surface area contributed by atoms with Crippen molar-refractivity contribution in [3.8, 4) is 0 Å². The molecule has 1 atom stereocenters. The molecule has 1 aliphatic rings. The second-order valence-corrected chi connectivity index (χ2v) is 6.23. The highest BCUT2D eigenvalue weighted by Gasteiger charge is 2.47. The predicted molar refractivity (Wildman–Crippen MR) is 71.8 cm³/mol. The molecule has 0 aliphatic carbocycles. The van der Waals surface area contributed by atoms with E-state index in [9.17, 15) is 9.18 Å². The maximum absolute atomic E-state index is 14.7. The van der Waals surface area contributed by atoms with Gasteiger partial charge in [-0.15, -0.1) is 0 Å². The number of ether oxygens (including phenoxy) is 1. The number of aromatic nitrogens is 2. The molecule has 0 aromatic carbocycles. The molecule has 6 heteroatoms. The average molecular weight is 281 g/mol. The highest BCUT2D eigenvalue weighted by molar-refractivity contribution is 5.69. The molecule has 1 fully saturated rings. The van der Waals surface area contributed by atoms with Gasteiger partial charge in [0.1, 0.15) is 5.60 Å². The Bertz CT molecular complexity index is 479. The fourth-order valence-corrected chi connectivity index (χ4v) is 2.03. The largest absolute Gasteiger partial charge is 0.444 e. The summed E-state index contributed by atoms with van der Waals surface area (Å²) in [5.41, 5.74) is -2.18. The second kappa shape index (κ2) is 5.00. The lowest BCUT2D eigenvalue weighted by atomic mass is 9.84. The van der Waals surface area contributed by atoms with Gasteiger partial charge in [-0.1, -0.05) is 0 Å². The number of carbonyl (C=O) groups excluding carboxylic acids is 1. The molecule has 5 nitrogen and oxygen atoms in total. The summed E-state index contributed by atoms with van der Waals surface area (Å²) >= 11 is 0. The average Bonchev–Trinajstić information content (AvgIpc) is 2.25. The first-order valence-electron chi connectivity index (χ1n) is 6.64. The van der Waals surface area contributed by atoms with Crippen LogP contribution in [0.25, 0.3) is 0 Å². The van der Waals surface area contributed by atoms with Crippen LogP contribution in [0.4, 0.5) is 9.18 Å². The Hall–Kier alpha value is -1.72. The van der Waals surface area contributed by atoms with Gasteiger partial charge in [0.2, 0.25) is 0 Å². The minimum Gasteiger partial charge on any atom is -0.444 e. The van der Waals surface area contributed by atoms with Crippen LogP contribution in [0.1, 0.15) is 33.5 Å². The maximum atomic E-state index is 14.7. The third kappa shape index (κ3) is 3.05. The predicted octanol–water partition coefficient (Wildman–Crippen LogP) is 2.53. The summed E-state index contributed by atoms with van der Waals surface area (Å²) in [6, 6.07) is 1.65. The zero-order valence-electron chi connectivity index (χ0n) is 12.3. The van der Waals surface area contributed by atoms with Crippen molar-refractivity contribution in [2.75, 3.05) is 13.1 Å². The van der Waals surface area contributed by atoms with E-state index in [0.29, 0.717) is 13.1 Å². The number of hydrogen-bond acceptors (Lipinski definition) is 4. The molecule has 0 radical (unpaired) electrons. The van der Waals surface area contributed by atoms with E-state index in [1.807, 2.05) is 0 Å². The van der Waals surface area contributed by atoms with Crippen LogP contribution in [0.2, 0.25) is 0 Å². The van der Waals surface area contributed by atoms with E-state index in [1.54, 1.807) is 26.8 Å². The molecule has 1 amide bonds. The molecule has 20 heavy (non-hydrogen) atoms. The fourth-order valence-electron chi connectivity index (χ4n) is 2.03. The van der Waals surface area contributed by atoms with Gasteiger partial charge in [0.25, 0.3) is 0 Å². The summed E-state index contributed by atoms with van der Waals surface area (Å²) in [5, 5.41) is 0. The first-order chi connectivity index (χ1) is 9.20. The Balaban J connectivity index is 1.95. The van der Waals surface area contributed by atoms with Gasteiger partial charge in [-0.05, 0) is 33.8 Å². The molecule has 1 unspecified atom stereocenters. The zero-order valence-corrected chi connectivity index (χ0v) is 12.3. The van der Waals surface area contributed by atoms with Crippen molar-refractivity contribution < 1.29 is 13.9 Å². The number of hydrogen-bond donors (Lipinski definition) is 0. The summed E-state index contributed by atoms with van der Waals surface area (Å²) < 4.78 is 20.0. The summed E-state index contributed by atoms with van der Waals surface area (Å²) in [6.07, 6.45) is 2.63. The molecule has 0 N–H and O–H groups in total. The molecule has 110 valence electrons. The van der Waals surface area contributed by atoms with E-state index in [-0.39, 0.29) is 11.7 Å². The van der Waals surface area contributed by atoms with Crippen molar-refractivity contribution in [2.45, 2.75) is 39.0 Å². The first-order valence-corrected chi connectivity index (χ1v) is 6.64. The molecule has 1 aliphatic heterocycles. The normalized spacial score (nSPS) is 19.1. The third-order valence-electron chi connectivity index (χ3n) is 3.30. The van der Waals surface area contributed by atoms with Gasteiger partial charge in [0.05, 0.1) is 0 Å². The van der Waals surface area contributed by atoms with Crippen LogP contribution in [0.3, 0.4) is 0 Å². The number of likely N-dealkylation sites (tertiary alicyclic amines) is 1. The lowest BCUT2D eigenvalue weighted by molar-refractivity contribution is -0.0443. The smallest absolute Gasteiger partial charge is 0.410 e. The minimum absolute atomic E-state index is 0.161. The van der Waals surface area contributed by atoms with Crippen molar-refractivity contribution in [3.05, 3.63) is 24.3 Å². The molecule has 1 aromatic heterocycles. The molecule has 1 saturated heterocycles. The molecule has 0 bridgehead atoms. The monoisotopic (exact) mass is 281 g/mol. The lowest BCUT2D eigenvalue weighted by Crippen LogP contribution is -2.57. The van der Waals surface area contributed by atoms with Gasteiger partial charge in [0.15, 0.2) is 11.5 Å². The highest BCUT2D eigenvalue weighted by Crippen LogP contribution is 2.37. The molecule has 2 rings (SSSR count). The van der Waals surface area contributed by atoms with E-state index in [0.717, 1.165) is 0 Å². The lowest BCUT2D eigenvalue weighted by Gasteiger charge is -2.44. The summed E-state index contributed by atoms with van der Waals surface area (Å²) in [7, 11) is 0. The van der Waals surface area contributed by atoms with Crippen molar-refractivity contribution in [3.63, 3.8) is 0 Å². The number of halogens is 1. The van der Waals surface area contributed by atoms with Gasteiger partial charge >= 0.3 is 6.09 Å². The molecule has 0 saturated carbocycles. The van der Waals surface area contributed by atoms with Gasteiger partial charge in [0, 0.05) is 31.4 Å². The van der Waals surface area contributed by atoms with E-state index in [4.69, 9.17) is 4.74 Å². The Labute approximate surface area is 118 Å². The van der Waals surface area contributed by atoms with Gasteiger partial charge in [-0.2, -0.15) is 0 Å². The van der Waals surface area contributed by atoms with Crippen LogP contribution in [0.15, 0.2) is 18.5 Å². The van der Waals surface area contributed by atoms with E-state index >= 15 is 0 Å². The number of carbonyl (C=O) groups is 1. The Morgan fingerprint density at radius 2 is 1.85 bits per heavy atom. The number of rotatable bonds is 2. The number of amides is 1. The van der Waals surface area contributed by atoms with Gasteiger partial charge in [-0.3, -0.25) is 0 Å². The summed E-state index contributed by atoms with van der Waals surface area (Å²) in [6.45, 7) is 7.51. The van der Waals surface area contributed by atoms with E-state index < -0.39 is 17.4 Å². The number of nitrogens with zero attached hydrogens (tertiary/aromatic N) is 3. The van der Waals surface area contributed by atoms with Crippen LogP contribution >= 0.6 is 0 Å².